The van der Waals surface area contributed by atoms with Gasteiger partial charge in [-0.2, -0.15) is 10.2 Å². The molecule has 146 valence electrons. The molecule has 1 fully saturated rings. The maximum absolute atomic E-state index is 11.7. The lowest BCUT2D eigenvalue weighted by Gasteiger charge is -2.07. The number of nitrogens with zero attached hydrogens (tertiary/aromatic N) is 4. The van der Waals surface area contributed by atoms with Gasteiger partial charge < -0.3 is 4.74 Å². The van der Waals surface area contributed by atoms with E-state index in [4.69, 9.17) is 9.84 Å². The predicted molar refractivity (Wildman–Crippen MR) is 108 cm³/mol. The highest BCUT2D eigenvalue weighted by atomic mass is 16.5. The molecule has 1 saturated heterocycles. The molecule has 4 rings (SSSR count). The second-order valence-electron chi connectivity index (χ2n) is 6.47. The van der Waals surface area contributed by atoms with E-state index < -0.39 is 6.03 Å². The number of para-hydroxylation sites is 1. The van der Waals surface area contributed by atoms with Gasteiger partial charge in [0.1, 0.15) is 18.0 Å². The maximum Gasteiger partial charge on any atom is 0.344 e. The van der Waals surface area contributed by atoms with Crippen molar-refractivity contribution in [3.8, 4) is 17.0 Å². The van der Waals surface area contributed by atoms with E-state index in [0.717, 1.165) is 16.1 Å². The first-order valence-corrected chi connectivity index (χ1v) is 9.04. The number of rotatable bonds is 6. The number of benzene rings is 2. The van der Waals surface area contributed by atoms with Crippen molar-refractivity contribution in [1.82, 2.24) is 20.1 Å². The molecule has 0 aliphatic carbocycles. The molecule has 2 aromatic carbocycles. The summed E-state index contributed by atoms with van der Waals surface area (Å²) in [6.45, 7) is 0.483. The first-order chi connectivity index (χ1) is 14.1. The zero-order chi connectivity index (χ0) is 20.2. The van der Waals surface area contributed by atoms with E-state index in [1.54, 1.807) is 7.11 Å². The third-order valence-electron chi connectivity index (χ3n) is 4.45. The number of hydrazone groups is 1. The van der Waals surface area contributed by atoms with Gasteiger partial charge >= 0.3 is 6.03 Å². The molecule has 1 N–H and O–H groups in total. The van der Waals surface area contributed by atoms with E-state index in [0.29, 0.717) is 23.6 Å². The van der Waals surface area contributed by atoms with Gasteiger partial charge in [0, 0.05) is 17.3 Å². The highest BCUT2D eigenvalue weighted by Gasteiger charge is 2.26. The Balaban J connectivity index is 1.71. The molecule has 1 aliphatic rings. The van der Waals surface area contributed by atoms with Crippen molar-refractivity contribution >= 4 is 18.2 Å². The van der Waals surface area contributed by atoms with Crippen LogP contribution in [0.25, 0.3) is 11.3 Å². The van der Waals surface area contributed by atoms with Crippen LogP contribution in [0, 0.1) is 0 Å². The quantitative estimate of drug-likeness (QED) is 0.518. The van der Waals surface area contributed by atoms with Gasteiger partial charge in [0.15, 0.2) is 0 Å². The van der Waals surface area contributed by atoms with Crippen LogP contribution in [-0.4, -0.2) is 46.6 Å². The molecule has 3 aromatic rings. The third-order valence-corrected chi connectivity index (χ3v) is 4.45. The van der Waals surface area contributed by atoms with E-state index in [1.807, 2.05) is 65.5 Å². The first kappa shape index (κ1) is 18.4. The Morgan fingerprint density at radius 2 is 1.90 bits per heavy atom. The molecule has 0 atom stereocenters. The summed E-state index contributed by atoms with van der Waals surface area (Å²) in [4.78, 5) is 23.1. The third kappa shape index (κ3) is 4.01. The lowest BCUT2D eigenvalue weighted by atomic mass is 10.1. The van der Waals surface area contributed by atoms with E-state index in [1.165, 1.54) is 6.21 Å². The first-order valence-electron chi connectivity index (χ1n) is 9.04. The number of imide groups is 1. The monoisotopic (exact) mass is 389 g/mol. The van der Waals surface area contributed by atoms with Crippen molar-refractivity contribution in [3.63, 3.8) is 0 Å². The summed E-state index contributed by atoms with van der Waals surface area (Å²) >= 11 is 0. The molecule has 8 nitrogen and oxygen atoms in total. The number of hydrogen-bond acceptors (Lipinski definition) is 5. The van der Waals surface area contributed by atoms with Gasteiger partial charge in [-0.25, -0.2) is 9.80 Å². The zero-order valence-electron chi connectivity index (χ0n) is 15.8. The van der Waals surface area contributed by atoms with Crippen LogP contribution in [0.4, 0.5) is 4.79 Å². The van der Waals surface area contributed by atoms with E-state index >= 15 is 0 Å². The van der Waals surface area contributed by atoms with E-state index in [-0.39, 0.29) is 12.5 Å². The van der Waals surface area contributed by atoms with Crippen LogP contribution in [0.1, 0.15) is 11.1 Å². The Hall–Kier alpha value is -3.94. The van der Waals surface area contributed by atoms with Gasteiger partial charge in [0.25, 0.3) is 0 Å². The van der Waals surface area contributed by atoms with Crippen LogP contribution in [0.2, 0.25) is 0 Å². The molecular formula is C21H19N5O3. The summed E-state index contributed by atoms with van der Waals surface area (Å²) < 4.78 is 7.29. The lowest BCUT2D eigenvalue weighted by Crippen LogP contribution is -2.24. The summed E-state index contributed by atoms with van der Waals surface area (Å²) in [6.07, 6.45) is 3.39. The Morgan fingerprint density at radius 3 is 2.62 bits per heavy atom. The van der Waals surface area contributed by atoms with Gasteiger partial charge in [0.05, 0.1) is 19.9 Å². The largest absolute Gasteiger partial charge is 0.496 e. The predicted octanol–water partition coefficient (Wildman–Crippen LogP) is 2.49. The van der Waals surface area contributed by atoms with Crippen LogP contribution in [0.5, 0.6) is 5.75 Å². The van der Waals surface area contributed by atoms with Crippen LogP contribution < -0.4 is 10.1 Å². The standard InChI is InChI=1S/C21H19N5O3/c1-29-18-10-6-5-9-17(18)20-16(11-22-26-14-19(27)23-21(26)28)13-25(24-20)12-15-7-3-2-4-8-15/h2-11,13H,12,14H2,1H3,(H,23,27,28)/b22-11-. The van der Waals surface area contributed by atoms with Crippen molar-refractivity contribution < 1.29 is 14.3 Å². The number of carbonyl (C=O) groups is 2. The minimum absolute atomic E-state index is 0.0997. The van der Waals surface area contributed by atoms with Gasteiger partial charge in [-0.15, -0.1) is 0 Å². The van der Waals surface area contributed by atoms with Gasteiger partial charge in [0.2, 0.25) is 5.91 Å². The topological polar surface area (TPSA) is 88.8 Å². The number of urea groups is 1. The van der Waals surface area contributed by atoms with Gasteiger partial charge in [-0.05, 0) is 17.7 Å². The van der Waals surface area contributed by atoms with Crippen LogP contribution in [-0.2, 0) is 11.3 Å². The molecule has 0 bridgehead atoms. The Labute approximate surface area is 167 Å². The average molecular weight is 389 g/mol. The fourth-order valence-electron chi connectivity index (χ4n) is 3.09. The number of nitrogens with one attached hydrogen (secondary N) is 1. The molecule has 0 spiro atoms. The number of amides is 3. The molecular weight excluding hydrogens is 370 g/mol. The van der Waals surface area contributed by atoms with Crippen molar-refractivity contribution in [2.45, 2.75) is 6.54 Å². The van der Waals surface area contributed by atoms with Gasteiger partial charge in [-0.1, -0.05) is 42.5 Å². The average Bonchev–Trinajstić information content (AvgIpc) is 3.28. The molecule has 29 heavy (non-hydrogen) atoms. The van der Waals surface area contributed by atoms with Crippen molar-refractivity contribution in [1.29, 1.82) is 0 Å². The number of aromatic nitrogens is 2. The molecule has 1 aliphatic heterocycles. The fraction of sp³-hybridized carbons (Fsp3) is 0.143. The maximum atomic E-state index is 11.7. The minimum atomic E-state index is -0.540. The molecule has 2 heterocycles. The summed E-state index contributed by atoms with van der Waals surface area (Å²) in [7, 11) is 1.60. The smallest absolute Gasteiger partial charge is 0.344 e. The highest BCUT2D eigenvalue weighted by Crippen LogP contribution is 2.30. The van der Waals surface area contributed by atoms with Gasteiger partial charge in [-0.3, -0.25) is 14.8 Å². The molecule has 1 aromatic heterocycles. The van der Waals surface area contributed by atoms with Crippen molar-refractivity contribution in [2.75, 3.05) is 13.7 Å². The highest BCUT2D eigenvalue weighted by molar-refractivity contribution is 6.02. The lowest BCUT2D eigenvalue weighted by molar-refractivity contribution is -0.118. The van der Waals surface area contributed by atoms with E-state index in [2.05, 4.69) is 10.4 Å². The van der Waals surface area contributed by atoms with Crippen molar-refractivity contribution in [3.05, 3.63) is 71.9 Å². The molecule has 0 unspecified atom stereocenters. The second-order valence-corrected chi connectivity index (χ2v) is 6.47. The van der Waals surface area contributed by atoms with Crippen molar-refractivity contribution in [2.24, 2.45) is 5.10 Å². The molecule has 3 amide bonds. The zero-order valence-corrected chi connectivity index (χ0v) is 15.8. The second kappa shape index (κ2) is 7.97. The fourth-order valence-corrected chi connectivity index (χ4v) is 3.09. The molecule has 0 saturated carbocycles. The summed E-state index contributed by atoms with van der Waals surface area (Å²) in [5.74, 6) is 0.304. The number of hydrogen-bond donors (Lipinski definition) is 1. The molecule has 0 radical (unpaired) electrons. The minimum Gasteiger partial charge on any atom is -0.496 e. The molecule has 8 heteroatoms. The SMILES string of the molecule is COc1ccccc1-c1nn(Cc2ccccc2)cc1/C=N\N1CC(=O)NC1=O. The summed E-state index contributed by atoms with van der Waals surface area (Å²) in [5.41, 5.74) is 3.30. The summed E-state index contributed by atoms with van der Waals surface area (Å²) in [6, 6.07) is 17.0. The number of ether oxygens (including phenoxy) is 1. The Morgan fingerprint density at radius 1 is 1.14 bits per heavy atom. The summed E-state index contributed by atoms with van der Waals surface area (Å²) in [5, 5.41) is 12.2. The Bertz CT molecular complexity index is 1070. The van der Waals surface area contributed by atoms with Crippen LogP contribution in [0.3, 0.4) is 0 Å². The van der Waals surface area contributed by atoms with Crippen LogP contribution >= 0.6 is 0 Å². The number of carbonyl (C=O) groups excluding carboxylic acids is 2. The number of methoxy groups -OCH3 is 1. The van der Waals surface area contributed by atoms with Crippen LogP contribution in [0.15, 0.2) is 65.9 Å². The normalized spacial score (nSPS) is 13.9. The Kier molecular flexibility index (Phi) is 5.07. The van der Waals surface area contributed by atoms with E-state index in [9.17, 15) is 9.59 Å².